The van der Waals surface area contributed by atoms with Crippen LogP contribution in [0.2, 0.25) is 5.02 Å². The molecule has 1 saturated heterocycles. The fraction of sp³-hybridized carbons (Fsp3) is 0.471. The summed E-state index contributed by atoms with van der Waals surface area (Å²) in [4.78, 5) is 30.5. The summed E-state index contributed by atoms with van der Waals surface area (Å²) in [6.45, 7) is 12.8. The van der Waals surface area contributed by atoms with Crippen LogP contribution in [0.1, 0.15) is 52.5 Å². The summed E-state index contributed by atoms with van der Waals surface area (Å²) in [7, 11) is 0. The van der Waals surface area contributed by atoms with Crippen molar-refractivity contribution in [3.8, 4) is 23.0 Å². The first-order valence-electron chi connectivity index (χ1n) is 15.6. The number of hydrogen-bond acceptors (Lipinski definition) is 8. The van der Waals surface area contributed by atoms with Crippen molar-refractivity contribution in [1.29, 1.82) is 0 Å². The molecule has 0 spiro atoms. The lowest BCUT2D eigenvalue weighted by Gasteiger charge is -2.35. The molecule has 2 aromatic carbocycles. The Labute approximate surface area is 269 Å². The molecule has 0 bridgehead atoms. The van der Waals surface area contributed by atoms with Crippen LogP contribution < -0.4 is 9.47 Å². The van der Waals surface area contributed by atoms with Gasteiger partial charge in [0, 0.05) is 38.3 Å². The van der Waals surface area contributed by atoms with Gasteiger partial charge in [-0.3, -0.25) is 4.90 Å². The fourth-order valence-corrected chi connectivity index (χ4v) is 5.60. The first kappa shape index (κ1) is 31.1. The van der Waals surface area contributed by atoms with Gasteiger partial charge in [0.05, 0.1) is 18.2 Å². The minimum Gasteiger partial charge on any atom is -0.493 e. The number of carbonyl (C=O) groups is 1. The van der Waals surface area contributed by atoms with E-state index in [0.29, 0.717) is 59.9 Å². The van der Waals surface area contributed by atoms with Gasteiger partial charge in [0.15, 0.2) is 11.2 Å². The highest BCUT2D eigenvalue weighted by molar-refractivity contribution is 6.33. The Hall–Kier alpha value is -3.89. The number of imidazole rings is 1. The summed E-state index contributed by atoms with van der Waals surface area (Å²) in [6, 6.07) is 15.9. The lowest BCUT2D eigenvalue weighted by molar-refractivity contribution is 0.0142. The number of aromatic nitrogens is 4. The number of hydrogen-bond donors (Lipinski definition) is 0. The quantitative estimate of drug-likeness (QED) is 0.184. The van der Waals surface area contributed by atoms with Crippen molar-refractivity contribution >= 4 is 28.9 Å². The maximum Gasteiger partial charge on any atom is 0.410 e. The van der Waals surface area contributed by atoms with E-state index in [1.165, 1.54) is 6.33 Å². The molecule has 0 atom stereocenters. The molecule has 1 aliphatic carbocycles. The second kappa shape index (κ2) is 12.8. The highest BCUT2D eigenvalue weighted by atomic mass is 35.5. The van der Waals surface area contributed by atoms with Crippen LogP contribution in [0.3, 0.4) is 0 Å². The monoisotopic (exact) mass is 632 g/mol. The molecule has 4 aromatic rings. The van der Waals surface area contributed by atoms with Crippen LogP contribution in [0.5, 0.6) is 11.6 Å². The second-order valence-electron chi connectivity index (χ2n) is 13.1. The molecule has 10 nitrogen and oxygen atoms in total. The van der Waals surface area contributed by atoms with Crippen LogP contribution >= 0.6 is 11.6 Å². The van der Waals surface area contributed by atoms with Gasteiger partial charge in [-0.1, -0.05) is 41.9 Å². The average Bonchev–Trinajstić information content (AvgIpc) is 3.63. The number of halogens is 1. The molecule has 45 heavy (non-hydrogen) atoms. The number of amides is 1. The predicted molar refractivity (Wildman–Crippen MR) is 174 cm³/mol. The normalized spacial score (nSPS) is 16.5. The lowest BCUT2D eigenvalue weighted by Crippen LogP contribution is -2.50. The van der Waals surface area contributed by atoms with Crippen molar-refractivity contribution in [1.82, 2.24) is 29.3 Å². The van der Waals surface area contributed by atoms with E-state index in [4.69, 9.17) is 30.8 Å². The zero-order chi connectivity index (χ0) is 31.6. The van der Waals surface area contributed by atoms with E-state index in [1.807, 2.05) is 57.2 Å². The Balaban J connectivity index is 1.11. The largest absolute Gasteiger partial charge is 0.493 e. The van der Waals surface area contributed by atoms with E-state index in [0.717, 1.165) is 50.0 Å². The summed E-state index contributed by atoms with van der Waals surface area (Å²) in [5.41, 5.74) is 2.55. The number of carbonyl (C=O) groups excluding carboxylic acids is 1. The smallest absolute Gasteiger partial charge is 0.410 e. The van der Waals surface area contributed by atoms with Crippen molar-refractivity contribution in [3.05, 3.63) is 65.4 Å². The number of fused-ring (bicyclic) bond motifs is 1. The Morgan fingerprint density at radius 3 is 2.47 bits per heavy atom. The number of piperazine rings is 1. The summed E-state index contributed by atoms with van der Waals surface area (Å²) < 4.78 is 19.9. The predicted octanol–water partition coefficient (Wildman–Crippen LogP) is 6.45. The number of ether oxygens (including phenoxy) is 3. The number of benzene rings is 2. The van der Waals surface area contributed by atoms with Gasteiger partial charge in [-0.05, 0) is 70.7 Å². The molecule has 2 fully saturated rings. The van der Waals surface area contributed by atoms with Gasteiger partial charge in [-0.15, -0.1) is 0 Å². The van der Waals surface area contributed by atoms with Gasteiger partial charge in [-0.2, -0.15) is 4.98 Å². The molecule has 6 rings (SSSR count). The van der Waals surface area contributed by atoms with Crippen LogP contribution in [-0.2, 0) is 11.3 Å². The molecule has 1 aliphatic heterocycles. The van der Waals surface area contributed by atoms with E-state index < -0.39 is 5.60 Å². The minimum atomic E-state index is -0.481. The molecule has 238 valence electrons. The summed E-state index contributed by atoms with van der Waals surface area (Å²) in [5.74, 6) is 1.90. The third-order valence-electron chi connectivity index (χ3n) is 8.07. The zero-order valence-electron chi connectivity index (χ0n) is 26.5. The zero-order valence-corrected chi connectivity index (χ0v) is 27.2. The molecule has 1 saturated carbocycles. The first-order chi connectivity index (χ1) is 21.6. The standard InChI is InChI=1S/C34H41ClN6O4/c1-33(2,3)45-32(42)40-18-16-39(17-19-40)15-8-20-43-25-11-12-26(27(35)21-25)29-38-28-30(41(29)22-24-9-6-5-7-10-24)36-23-37-31(28)44-34(4)13-14-34/h5-7,9-12,21,23H,8,13-20,22H2,1-4H3. The third kappa shape index (κ3) is 7.68. The SMILES string of the molecule is CC(C)(C)OC(=O)N1CCN(CCCOc2ccc(-c3nc4c(OC5(C)CC5)ncnc4n3Cc3ccccc3)c(Cl)c2)CC1. The minimum absolute atomic E-state index is 0.199. The van der Waals surface area contributed by atoms with E-state index in [-0.39, 0.29) is 11.7 Å². The summed E-state index contributed by atoms with van der Waals surface area (Å²) >= 11 is 6.89. The Bertz CT molecular complexity index is 1640. The van der Waals surface area contributed by atoms with Crippen LogP contribution in [0.15, 0.2) is 54.9 Å². The van der Waals surface area contributed by atoms with Crippen LogP contribution in [-0.4, -0.2) is 85.9 Å². The lowest BCUT2D eigenvalue weighted by atomic mass is 10.2. The first-order valence-corrected chi connectivity index (χ1v) is 16.0. The molecular weight excluding hydrogens is 592 g/mol. The van der Waals surface area contributed by atoms with Crippen molar-refractivity contribution < 1.29 is 19.0 Å². The molecule has 1 amide bonds. The summed E-state index contributed by atoms with van der Waals surface area (Å²) in [5, 5.41) is 0.542. The molecular formula is C34H41ClN6O4. The highest BCUT2D eigenvalue weighted by Gasteiger charge is 2.41. The topological polar surface area (TPSA) is 94.8 Å². The number of nitrogens with zero attached hydrogens (tertiary/aromatic N) is 6. The van der Waals surface area contributed by atoms with Crippen molar-refractivity contribution in [2.45, 2.75) is 64.7 Å². The molecule has 0 unspecified atom stereocenters. The van der Waals surface area contributed by atoms with Crippen molar-refractivity contribution in [2.24, 2.45) is 0 Å². The fourth-order valence-electron chi connectivity index (χ4n) is 5.35. The van der Waals surface area contributed by atoms with Gasteiger partial charge in [0.2, 0.25) is 5.88 Å². The van der Waals surface area contributed by atoms with E-state index in [1.54, 1.807) is 4.90 Å². The molecule has 2 aromatic heterocycles. The highest BCUT2D eigenvalue weighted by Crippen LogP contribution is 2.41. The van der Waals surface area contributed by atoms with Crippen LogP contribution in [0.4, 0.5) is 4.79 Å². The maximum absolute atomic E-state index is 12.3. The van der Waals surface area contributed by atoms with Gasteiger partial charge in [0.25, 0.3) is 0 Å². The van der Waals surface area contributed by atoms with Gasteiger partial charge >= 0.3 is 6.09 Å². The maximum atomic E-state index is 12.3. The van der Waals surface area contributed by atoms with Crippen molar-refractivity contribution in [2.75, 3.05) is 39.3 Å². The van der Waals surface area contributed by atoms with Gasteiger partial charge in [-0.25, -0.2) is 14.8 Å². The average molecular weight is 633 g/mol. The van der Waals surface area contributed by atoms with Gasteiger partial charge < -0.3 is 23.7 Å². The third-order valence-corrected chi connectivity index (χ3v) is 8.38. The Morgan fingerprint density at radius 1 is 1.02 bits per heavy atom. The summed E-state index contributed by atoms with van der Waals surface area (Å²) in [6.07, 6.45) is 4.15. The molecule has 0 N–H and O–H groups in total. The van der Waals surface area contributed by atoms with Crippen molar-refractivity contribution in [3.63, 3.8) is 0 Å². The Kier molecular flexibility index (Phi) is 8.88. The molecule has 0 radical (unpaired) electrons. The second-order valence-corrected chi connectivity index (χ2v) is 13.5. The van der Waals surface area contributed by atoms with E-state index in [9.17, 15) is 4.79 Å². The Morgan fingerprint density at radius 2 is 1.78 bits per heavy atom. The van der Waals surface area contributed by atoms with Crippen LogP contribution in [0.25, 0.3) is 22.6 Å². The van der Waals surface area contributed by atoms with E-state index >= 15 is 0 Å². The molecule has 11 heteroatoms. The van der Waals surface area contributed by atoms with E-state index in [2.05, 4.69) is 38.5 Å². The number of rotatable bonds is 10. The molecule has 2 aliphatic rings. The molecule has 3 heterocycles. The van der Waals surface area contributed by atoms with Gasteiger partial charge in [0.1, 0.15) is 29.1 Å². The van der Waals surface area contributed by atoms with Crippen LogP contribution in [0, 0.1) is 0 Å².